The smallest absolute Gasteiger partial charge is 0.326 e. The summed E-state index contributed by atoms with van der Waals surface area (Å²) in [4.78, 5) is 12.1. The molecule has 0 aliphatic carbocycles. The molecule has 0 aliphatic heterocycles. The van der Waals surface area contributed by atoms with Gasteiger partial charge in [0.2, 0.25) is 0 Å². The number of sulfonamides is 1. The van der Waals surface area contributed by atoms with Crippen LogP contribution in [0.4, 0.5) is 5.69 Å². The third-order valence-electron chi connectivity index (χ3n) is 4.05. The zero-order valence-corrected chi connectivity index (χ0v) is 15.5. The molecule has 6 heteroatoms. The monoisotopic (exact) mass is 361 g/mol. The van der Waals surface area contributed by atoms with Crippen LogP contribution in [0.25, 0.3) is 0 Å². The van der Waals surface area contributed by atoms with E-state index < -0.39 is 16.0 Å². The molecule has 0 spiro atoms. The normalized spacial score (nSPS) is 11.2. The van der Waals surface area contributed by atoms with Crippen LogP contribution >= 0.6 is 0 Å². The summed E-state index contributed by atoms with van der Waals surface area (Å²) in [5.74, 6) is -0.604. The molecule has 5 nitrogen and oxygen atoms in total. The lowest BCUT2D eigenvalue weighted by atomic mass is 10.0. The van der Waals surface area contributed by atoms with Gasteiger partial charge in [0.15, 0.2) is 0 Å². The number of aryl methyl sites for hydroxylation is 2. The van der Waals surface area contributed by atoms with Crippen LogP contribution in [-0.2, 0) is 32.4 Å². The number of rotatable bonds is 7. The molecule has 0 unspecified atom stereocenters. The predicted octanol–water partition coefficient (Wildman–Crippen LogP) is 3.18. The molecule has 2 aromatic rings. The summed E-state index contributed by atoms with van der Waals surface area (Å²) in [5, 5.41) is 0. The molecule has 134 valence electrons. The minimum Gasteiger partial charge on any atom is -0.468 e. The number of anilines is 1. The van der Waals surface area contributed by atoms with E-state index in [4.69, 9.17) is 4.74 Å². The van der Waals surface area contributed by atoms with Gasteiger partial charge in [-0.2, -0.15) is 0 Å². The number of ether oxygens (including phenoxy) is 1. The second-order valence-electron chi connectivity index (χ2n) is 5.53. The van der Waals surface area contributed by atoms with Crippen molar-refractivity contribution < 1.29 is 17.9 Å². The Morgan fingerprint density at radius 3 is 2.00 bits per heavy atom. The fourth-order valence-corrected chi connectivity index (χ4v) is 4.23. The highest BCUT2D eigenvalue weighted by Crippen LogP contribution is 2.31. The van der Waals surface area contributed by atoms with Gasteiger partial charge in [-0.15, -0.1) is 0 Å². The molecule has 0 heterocycles. The molecule has 0 saturated heterocycles. The van der Waals surface area contributed by atoms with Crippen LogP contribution in [0.3, 0.4) is 0 Å². The van der Waals surface area contributed by atoms with Gasteiger partial charge in [-0.3, -0.25) is 9.10 Å². The van der Waals surface area contributed by atoms with E-state index in [9.17, 15) is 13.2 Å². The summed E-state index contributed by atoms with van der Waals surface area (Å²) in [6, 6.07) is 13.8. The van der Waals surface area contributed by atoms with Gasteiger partial charge in [-0.1, -0.05) is 50.2 Å². The van der Waals surface area contributed by atoms with E-state index >= 15 is 0 Å². The molecule has 0 saturated carbocycles. The highest BCUT2D eigenvalue weighted by molar-refractivity contribution is 7.92. The maximum absolute atomic E-state index is 13.2. The molecule has 0 atom stereocenters. The van der Waals surface area contributed by atoms with Crippen molar-refractivity contribution in [3.63, 3.8) is 0 Å². The largest absolute Gasteiger partial charge is 0.468 e. The predicted molar refractivity (Wildman–Crippen MR) is 98.2 cm³/mol. The van der Waals surface area contributed by atoms with Crippen molar-refractivity contribution in [3.05, 3.63) is 59.7 Å². The molecule has 0 amide bonds. The Hall–Kier alpha value is -2.34. The van der Waals surface area contributed by atoms with Gasteiger partial charge in [0, 0.05) is 0 Å². The average molecular weight is 361 g/mol. The maximum Gasteiger partial charge on any atom is 0.326 e. The summed E-state index contributed by atoms with van der Waals surface area (Å²) in [5.41, 5.74) is 2.33. The first-order chi connectivity index (χ1) is 12.0. The summed E-state index contributed by atoms with van der Waals surface area (Å²) in [6.07, 6.45) is 1.32. The second kappa shape index (κ2) is 8.16. The molecule has 2 aromatic carbocycles. The highest BCUT2D eigenvalue weighted by Gasteiger charge is 2.30. The molecule has 0 aromatic heterocycles. The first-order valence-electron chi connectivity index (χ1n) is 8.21. The number of para-hydroxylation sites is 1. The molecule has 0 N–H and O–H groups in total. The number of hydrogen-bond donors (Lipinski definition) is 0. The third kappa shape index (κ3) is 4.02. The molecular formula is C19H23NO4S. The van der Waals surface area contributed by atoms with E-state index in [0.717, 1.165) is 11.1 Å². The fourth-order valence-electron chi connectivity index (χ4n) is 2.72. The fraction of sp³-hybridized carbons (Fsp3) is 0.316. The lowest BCUT2D eigenvalue weighted by molar-refractivity contribution is -0.138. The zero-order chi connectivity index (χ0) is 18.4. The topological polar surface area (TPSA) is 63.7 Å². The minimum atomic E-state index is -3.89. The Labute approximate surface area is 149 Å². The van der Waals surface area contributed by atoms with Gasteiger partial charge in [-0.05, 0) is 36.1 Å². The van der Waals surface area contributed by atoms with Crippen molar-refractivity contribution in [2.45, 2.75) is 31.6 Å². The molecule has 2 rings (SSSR count). The number of carbonyl (C=O) groups excluding carboxylic acids is 1. The Morgan fingerprint density at radius 2 is 1.52 bits per heavy atom. The van der Waals surface area contributed by atoms with Crippen LogP contribution < -0.4 is 4.31 Å². The number of benzene rings is 2. The van der Waals surface area contributed by atoms with Crippen molar-refractivity contribution in [2.24, 2.45) is 0 Å². The molecule has 0 fully saturated rings. The van der Waals surface area contributed by atoms with Crippen LogP contribution in [0.2, 0.25) is 0 Å². The van der Waals surface area contributed by atoms with Gasteiger partial charge < -0.3 is 4.74 Å². The van der Waals surface area contributed by atoms with Crippen molar-refractivity contribution in [1.29, 1.82) is 0 Å². The lowest BCUT2D eigenvalue weighted by Crippen LogP contribution is -2.37. The van der Waals surface area contributed by atoms with Crippen molar-refractivity contribution >= 4 is 21.7 Å². The SMILES string of the molecule is CCc1cccc(CC)c1N(CC(=O)OC)S(=O)(=O)c1ccccc1. The van der Waals surface area contributed by atoms with Gasteiger partial charge >= 0.3 is 5.97 Å². The average Bonchev–Trinajstić information content (AvgIpc) is 2.65. The van der Waals surface area contributed by atoms with Gasteiger partial charge in [0.05, 0.1) is 17.7 Å². The van der Waals surface area contributed by atoms with Crippen LogP contribution in [0.5, 0.6) is 0 Å². The molecule has 0 aliphatic rings. The van der Waals surface area contributed by atoms with E-state index in [2.05, 4.69) is 0 Å². The summed E-state index contributed by atoms with van der Waals surface area (Å²) in [7, 11) is -2.64. The van der Waals surface area contributed by atoms with Gasteiger partial charge in [0.1, 0.15) is 6.54 Å². The maximum atomic E-state index is 13.2. The van der Waals surface area contributed by atoms with E-state index in [1.807, 2.05) is 32.0 Å². The van der Waals surface area contributed by atoms with Crippen molar-refractivity contribution in [1.82, 2.24) is 0 Å². The lowest BCUT2D eigenvalue weighted by Gasteiger charge is -2.27. The van der Waals surface area contributed by atoms with Crippen LogP contribution in [0.15, 0.2) is 53.4 Å². The third-order valence-corrected chi connectivity index (χ3v) is 5.81. The van der Waals surface area contributed by atoms with Crippen molar-refractivity contribution in [2.75, 3.05) is 18.0 Å². The number of methoxy groups -OCH3 is 1. The molecular weight excluding hydrogens is 338 g/mol. The molecule has 25 heavy (non-hydrogen) atoms. The number of carbonyl (C=O) groups is 1. The molecule has 0 bridgehead atoms. The van der Waals surface area contributed by atoms with E-state index in [0.29, 0.717) is 18.5 Å². The number of esters is 1. The number of hydrogen-bond acceptors (Lipinski definition) is 4. The first kappa shape index (κ1) is 19.0. The van der Waals surface area contributed by atoms with Crippen LogP contribution in [0, 0.1) is 0 Å². The van der Waals surface area contributed by atoms with Gasteiger partial charge in [-0.25, -0.2) is 8.42 Å². The van der Waals surface area contributed by atoms with Gasteiger partial charge in [0.25, 0.3) is 10.0 Å². The summed E-state index contributed by atoms with van der Waals surface area (Å²) < 4.78 is 32.4. The molecule has 0 radical (unpaired) electrons. The summed E-state index contributed by atoms with van der Waals surface area (Å²) >= 11 is 0. The van der Waals surface area contributed by atoms with Crippen LogP contribution in [-0.4, -0.2) is 28.0 Å². The number of nitrogens with zero attached hydrogens (tertiary/aromatic N) is 1. The Kier molecular flexibility index (Phi) is 6.20. The first-order valence-corrected chi connectivity index (χ1v) is 9.65. The zero-order valence-electron chi connectivity index (χ0n) is 14.7. The minimum absolute atomic E-state index is 0.145. The standard InChI is InChI=1S/C19H23NO4S/c1-4-15-10-9-11-16(5-2)19(15)20(14-18(21)24-3)25(22,23)17-12-7-6-8-13-17/h6-13H,4-5,14H2,1-3H3. The Morgan fingerprint density at radius 1 is 0.960 bits per heavy atom. The van der Waals surface area contributed by atoms with E-state index in [1.54, 1.807) is 18.2 Å². The van der Waals surface area contributed by atoms with E-state index in [-0.39, 0.29) is 11.4 Å². The van der Waals surface area contributed by atoms with Crippen molar-refractivity contribution in [3.8, 4) is 0 Å². The summed E-state index contributed by atoms with van der Waals surface area (Å²) in [6.45, 7) is 3.56. The second-order valence-corrected chi connectivity index (χ2v) is 7.40. The quantitative estimate of drug-likeness (QED) is 0.711. The Balaban J connectivity index is 2.69. The highest BCUT2D eigenvalue weighted by atomic mass is 32.2. The van der Waals surface area contributed by atoms with E-state index in [1.165, 1.54) is 23.5 Å². The van der Waals surface area contributed by atoms with Crippen LogP contribution in [0.1, 0.15) is 25.0 Å². The Bertz CT molecular complexity index is 810.